The largest absolute Gasteiger partial charge is 0.481 e. The number of nitrogens with zero attached hydrogens (tertiary/aromatic N) is 17. The van der Waals surface area contributed by atoms with Gasteiger partial charge in [0.15, 0.2) is 0 Å². The van der Waals surface area contributed by atoms with Gasteiger partial charge in [-0.1, -0.05) is 114 Å². The Kier molecular flexibility index (Phi) is 31.0. The second kappa shape index (κ2) is 45.0. The van der Waals surface area contributed by atoms with Crippen molar-refractivity contribution in [3.05, 3.63) is 304 Å². The Balaban J connectivity index is 0.000000133. The number of terminal acetylenes is 3. The molecule has 15 aromatic rings. The van der Waals surface area contributed by atoms with Crippen molar-refractivity contribution < 1.29 is 46.2 Å². The van der Waals surface area contributed by atoms with Gasteiger partial charge in [-0.25, -0.2) is 72.8 Å². The highest BCUT2D eigenvalue weighted by Crippen LogP contribution is 2.40. The Bertz CT molecular complexity index is 7380. The number of halogens is 5. The fourth-order valence-electron chi connectivity index (χ4n) is 18.6. The fourth-order valence-corrected chi connectivity index (χ4v) is 18.8. The van der Waals surface area contributed by atoms with Crippen LogP contribution in [0.5, 0.6) is 11.6 Å². The molecule has 7 N–H and O–H groups in total. The van der Waals surface area contributed by atoms with Crippen LogP contribution in [-0.2, 0) is 6.42 Å². The van der Waals surface area contributed by atoms with Gasteiger partial charge in [-0.15, -0.1) is 19.3 Å². The second-order valence-corrected chi connectivity index (χ2v) is 37.1. The lowest BCUT2D eigenvalue weighted by Gasteiger charge is -2.47. The number of hydrogen-bond donors (Lipinski definition) is 7. The molecule has 30 nitrogen and oxygen atoms in total. The average molecular weight is 1990 g/mol. The van der Waals surface area contributed by atoms with Crippen molar-refractivity contribution in [1.29, 1.82) is 0 Å². The number of nitrogens with one attached hydrogen (secondary N) is 7. The summed E-state index contributed by atoms with van der Waals surface area (Å²) in [5.41, 5.74) is 17.7. The van der Waals surface area contributed by atoms with Crippen LogP contribution in [0.25, 0.3) is 78.5 Å². The highest BCUT2D eigenvalue weighted by atomic mass is 35.5. The third-order valence-electron chi connectivity index (χ3n) is 26.6. The molecule has 5 atom stereocenters. The van der Waals surface area contributed by atoms with E-state index in [4.69, 9.17) is 35.6 Å². The number of hydrogen-bond acceptors (Lipinski definition) is 19. The number of carbonyl (C=O) groups excluding carboxylic acids is 4. The highest BCUT2D eigenvalue weighted by Gasteiger charge is 2.40. The molecule has 5 aliphatic rings. The first-order valence-electron chi connectivity index (χ1n) is 47.9. The Labute approximate surface area is 847 Å². The minimum atomic E-state index is -2.91. The number of amides is 8. The molecule has 0 saturated carbocycles. The number of aromatic nitrogens is 12. The van der Waals surface area contributed by atoms with Crippen LogP contribution in [0.3, 0.4) is 0 Å². The second-order valence-electron chi connectivity index (χ2n) is 36.7. The zero-order valence-electron chi connectivity index (χ0n) is 81.8. The number of alkyl halides is 2. The molecule has 744 valence electrons. The summed E-state index contributed by atoms with van der Waals surface area (Å²) in [5, 5.41) is 15.6. The summed E-state index contributed by atoms with van der Waals surface area (Å²) in [6, 6.07) is 58.2. The van der Waals surface area contributed by atoms with Crippen LogP contribution in [0.2, 0.25) is 5.02 Å². The van der Waals surface area contributed by atoms with Gasteiger partial charge in [0, 0.05) is 166 Å². The minimum Gasteiger partial charge on any atom is -0.481 e. The molecule has 4 saturated heterocycles. The van der Waals surface area contributed by atoms with Gasteiger partial charge in [-0.2, -0.15) is 8.78 Å². The topological polar surface area (TPSA) is 324 Å². The third-order valence-corrected chi connectivity index (χ3v) is 26.9. The number of rotatable bonds is 19. The van der Waals surface area contributed by atoms with E-state index in [1.807, 2.05) is 178 Å². The van der Waals surface area contributed by atoms with Gasteiger partial charge in [0.1, 0.15) is 82.9 Å². The monoisotopic (exact) mass is 1980 g/mol. The Morgan fingerprint density at radius 3 is 1.36 bits per heavy atom. The molecule has 35 heteroatoms. The number of aromatic amines is 3. The minimum absolute atomic E-state index is 0.0351. The number of carbonyl (C=O) groups is 4. The molecule has 20 rings (SSSR count). The number of ether oxygens (including phenoxy) is 2. The average Bonchev–Trinajstić information content (AvgIpc) is 1.53. The van der Waals surface area contributed by atoms with Crippen LogP contribution >= 0.6 is 11.6 Å². The molecular formula is C111H109ClF4N24O6. The van der Waals surface area contributed by atoms with Crippen molar-refractivity contribution in [2.45, 2.75) is 97.2 Å². The predicted molar refractivity (Wildman–Crippen MR) is 560 cm³/mol. The SMILES string of the molecule is C#Cc1ccc(-c2cc3c(N4CCN(C(=O)N[C@@H](C)c5ccc(F)cc5)CC4)ncnc3[nH]2)cc1.C#Cc1ccc(-c2cc3c(N4CCN(C(=O)N[C@@H](C)c5cccc(Cl)c5)CC4)ncnc3[nH]2)cc1.C#Cc1ccc(C2=Cc3c(ncnc3N3CCN(C(=O)N[C@@H](C)c4cccc(OC(F)F)c4)C(C)(C)C3)C2)cc1.COc1cc(-c2cc3c(N4CCN(C(=O)N[C@@H](C)c5ccc(F)cc5)[C@H](C)C4)ncnc3[nH]2)ccn1. The molecule has 4 aliphatic heterocycles. The number of benzene rings is 7. The van der Waals surface area contributed by atoms with Gasteiger partial charge in [0.05, 0.1) is 58.7 Å². The van der Waals surface area contributed by atoms with Crippen LogP contribution in [0.1, 0.15) is 128 Å². The smallest absolute Gasteiger partial charge is 0.387 e. The van der Waals surface area contributed by atoms with Crippen molar-refractivity contribution in [2.75, 3.05) is 118 Å². The van der Waals surface area contributed by atoms with Crippen molar-refractivity contribution in [3.63, 3.8) is 0 Å². The normalized spacial score (nSPS) is 15.7. The molecule has 7 aromatic carbocycles. The van der Waals surface area contributed by atoms with E-state index in [1.54, 1.807) is 79.9 Å². The number of piperazine rings is 4. The molecule has 8 amide bonds. The van der Waals surface area contributed by atoms with E-state index >= 15 is 0 Å². The van der Waals surface area contributed by atoms with Crippen LogP contribution in [0.15, 0.2) is 232 Å². The molecular weight excluding hydrogens is 1880 g/mol. The van der Waals surface area contributed by atoms with E-state index in [0.717, 1.165) is 146 Å². The van der Waals surface area contributed by atoms with Gasteiger partial charge in [0.2, 0.25) is 5.88 Å². The van der Waals surface area contributed by atoms with Crippen LogP contribution in [0.4, 0.5) is 60.0 Å². The molecule has 8 aromatic heterocycles. The summed E-state index contributed by atoms with van der Waals surface area (Å²) >= 11 is 6.09. The van der Waals surface area contributed by atoms with Gasteiger partial charge in [-0.05, 0) is 208 Å². The zero-order chi connectivity index (χ0) is 102. The Morgan fingerprint density at radius 2 is 0.884 bits per heavy atom. The highest BCUT2D eigenvalue weighted by molar-refractivity contribution is 6.30. The molecule has 1 aliphatic carbocycles. The number of methoxy groups -OCH3 is 1. The first kappa shape index (κ1) is 100. The summed E-state index contributed by atoms with van der Waals surface area (Å²) in [6.07, 6.45) is 27.3. The maximum atomic E-state index is 13.3. The van der Waals surface area contributed by atoms with Crippen molar-refractivity contribution in [1.82, 2.24) is 101 Å². The van der Waals surface area contributed by atoms with Crippen molar-refractivity contribution in [2.24, 2.45) is 0 Å². The maximum absolute atomic E-state index is 13.3. The number of pyridine rings is 1. The Morgan fingerprint density at radius 1 is 0.452 bits per heavy atom. The lowest BCUT2D eigenvalue weighted by atomic mass is 9.98. The summed E-state index contributed by atoms with van der Waals surface area (Å²) in [5.74, 6) is 11.3. The summed E-state index contributed by atoms with van der Waals surface area (Å²) in [7, 11) is 1.59. The van der Waals surface area contributed by atoms with Crippen molar-refractivity contribution in [3.8, 4) is 82.4 Å². The number of urea groups is 4. The van der Waals surface area contributed by atoms with Crippen LogP contribution in [-0.4, -0.2) is 220 Å². The number of allylic oxidation sites excluding steroid dienone is 1. The lowest BCUT2D eigenvalue weighted by Crippen LogP contribution is -2.63. The maximum Gasteiger partial charge on any atom is 0.387 e. The standard InChI is InChI=1S/C31H31F2N5O2.C27H25ClN6O.C27H25FN6O.C26H28FN7O2/c1-5-21-9-11-22(12-10-21)24-16-26-27(17-24)34-19-35-28(26)37-13-14-38(31(3,4)18-37)30(39)36-20(2)23-7-6-8-25(15-23)40-29(32)33;1-3-19-7-9-20(10-8-19)24-16-23-25(32-24)29-17-30-26(23)33-11-13-34(14-12-33)27(35)31-18(2)21-5-4-6-22(28)15-21;1-3-19-4-6-21(7-5-19)24-16-23-25(32-24)29-17-30-26(23)33-12-14-34(15-13-33)27(35)31-18(2)20-8-10-22(28)11-9-20;1-16-14-33(10-11-34(16)26(35)31-17(2)18-4-6-20(27)7-5-18)25-21-13-22(32-24(21)29-15-30-25)19-8-9-28-23(12-19)36-3/h1,6-12,15-16,19-20,29H,13-14,17-18H2,2-4H3,(H,36,39);1,4-10,15-18H,11-14H2,2H3,(H,31,35)(H,29,30,32);1,4-11,16-18H,12-15H2,2H3,(H,31,35)(H,29,30,32);4-9,12-13,15-17H,10-11,14H2,1-3H3,(H,31,35)(H,29,30,32)/t20-;2*18-;16-,17+/m0001/s1. The molecule has 0 spiro atoms. The summed E-state index contributed by atoms with van der Waals surface area (Å²) in [6.45, 7) is 19.2. The molecule has 0 bridgehead atoms. The van der Waals surface area contributed by atoms with E-state index in [0.29, 0.717) is 115 Å². The first-order chi connectivity index (χ1) is 70.6. The summed E-state index contributed by atoms with van der Waals surface area (Å²) < 4.78 is 61.4. The van der Waals surface area contributed by atoms with Gasteiger partial charge >= 0.3 is 30.7 Å². The predicted octanol–water partition coefficient (Wildman–Crippen LogP) is 18.9. The summed E-state index contributed by atoms with van der Waals surface area (Å²) in [4.78, 5) is 118. The van der Waals surface area contributed by atoms with Crippen LogP contribution in [0, 0.1) is 48.7 Å². The van der Waals surface area contributed by atoms with Crippen LogP contribution < -0.4 is 50.3 Å². The molecule has 12 heterocycles. The fraction of sp³-hybridized carbons (Fsp3) is 0.270. The van der Waals surface area contributed by atoms with E-state index in [9.17, 15) is 36.7 Å². The number of fused-ring (bicyclic) bond motifs is 4. The third kappa shape index (κ3) is 23.6. The molecule has 4 fully saturated rings. The van der Waals surface area contributed by atoms with Gasteiger partial charge < -0.3 is 84.9 Å². The first-order valence-corrected chi connectivity index (χ1v) is 48.3. The molecule has 0 radical (unpaired) electrons. The molecule has 0 unspecified atom stereocenters. The Hall–Kier alpha value is -17.1. The number of H-pyrrole nitrogens is 3. The number of anilines is 4. The van der Waals surface area contributed by atoms with Crippen molar-refractivity contribution >= 4 is 104 Å². The van der Waals surface area contributed by atoms with E-state index < -0.39 is 18.2 Å². The van der Waals surface area contributed by atoms with E-state index in [1.165, 1.54) is 36.4 Å². The van der Waals surface area contributed by atoms with Gasteiger partial charge in [-0.3, -0.25) is 0 Å². The zero-order valence-corrected chi connectivity index (χ0v) is 82.5. The van der Waals surface area contributed by atoms with E-state index in [-0.39, 0.29) is 65.7 Å². The quantitative estimate of drug-likeness (QED) is 0.0292. The van der Waals surface area contributed by atoms with Gasteiger partial charge in [0.25, 0.3) is 0 Å². The lowest BCUT2D eigenvalue weighted by molar-refractivity contribution is -0.0499. The van der Waals surface area contributed by atoms with E-state index in [2.05, 4.69) is 141 Å². The molecule has 146 heavy (non-hydrogen) atoms.